The first-order valence-corrected chi connectivity index (χ1v) is 10.5. The Hall–Kier alpha value is -2.77. The molecule has 2 aromatic heterocycles. The van der Waals surface area contributed by atoms with Crippen molar-refractivity contribution in [3.63, 3.8) is 0 Å². The van der Waals surface area contributed by atoms with E-state index in [9.17, 15) is 19.6 Å². The zero-order valence-corrected chi connectivity index (χ0v) is 16.6. The second kappa shape index (κ2) is 8.40. The molecule has 13 nitrogen and oxygen atoms in total. The summed E-state index contributed by atoms with van der Waals surface area (Å²) in [6.45, 7) is -0.640. The van der Waals surface area contributed by atoms with Gasteiger partial charge in [-0.05, 0) is 12.1 Å². The zero-order chi connectivity index (χ0) is 22.2. The molecule has 14 heteroatoms. The van der Waals surface area contributed by atoms with Crippen molar-refractivity contribution in [2.75, 3.05) is 11.9 Å². The molecule has 1 saturated heterocycles. The molecule has 0 bridgehead atoms. The molecule has 4 atom stereocenters. The molecule has 31 heavy (non-hydrogen) atoms. The van der Waals surface area contributed by atoms with Crippen LogP contribution in [-0.2, 0) is 13.8 Å². The second-order valence-electron chi connectivity index (χ2n) is 6.70. The summed E-state index contributed by atoms with van der Waals surface area (Å²) < 4.78 is 22.1. The van der Waals surface area contributed by atoms with E-state index in [4.69, 9.17) is 14.5 Å². The van der Waals surface area contributed by atoms with E-state index in [2.05, 4.69) is 24.8 Å². The van der Waals surface area contributed by atoms with Gasteiger partial charge in [-0.15, -0.1) is 0 Å². The number of rotatable bonds is 6. The number of carbonyl (C=O) groups is 1. The first-order valence-electron chi connectivity index (χ1n) is 9.00. The Bertz CT molecular complexity index is 1140. The van der Waals surface area contributed by atoms with Crippen LogP contribution in [0.3, 0.4) is 0 Å². The minimum Gasteiger partial charge on any atom is -0.387 e. The van der Waals surface area contributed by atoms with E-state index >= 15 is 0 Å². The van der Waals surface area contributed by atoms with E-state index in [-0.39, 0.29) is 17.0 Å². The van der Waals surface area contributed by atoms with Gasteiger partial charge in [-0.25, -0.2) is 19.5 Å². The van der Waals surface area contributed by atoms with Gasteiger partial charge in [0.25, 0.3) is 5.91 Å². The van der Waals surface area contributed by atoms with Crippen LogP contribution in [-0.4, -0.2) is 70.3 Å². The lowest BCUT2D eigenvalue weighted by Gasteiger charge is -2.16. The minimum absolute atomic E-state index is 0.132. The average Bonchev–Trinajstić information content (AvgIpc) is 3.29. The minimum atomic E-state index is -4.78. The Morgan fingerprint density at radius 2 is 1.90 bits per heavy atom. The van der Waals surface area contributed by atoms with Crippen LogP contribution in [0.2, 0.25) is 0 Å². The summed E-state index contributed by atoms with van der Waals surface area (Å²) in [6.07, 6.45) is -2.84. The van der Waals surface area contributed by atoms with Crippen molar-refractivity contribution in [1.29, 1.82) is 0 Å². The highest BCUT2D eigenvalue weighted by atomic mass is 31.2. The normalized spacial score (nSPS) is 23.9. The number of ether oxygens (including phenoxy) is 1. The summed E-state index contributed by atoms with van der Waals surface area (Å²) in [7, 11) is -4.78. The van der Waals surface area contributed by atoms with Crippen molar-refractivity contribution < 1.29 is 38.6 Å². The molecule has 1 amide bonds. The lowest BCUT2D eigenvalue weighted by atomic mass is 10.1. The predicted octanol–water partition coefficient (Wildman–Crippen LogP) is -0.193. The van der Waals surface area contributed by atoms with Crippen molar-refractivity contribution in [2.24, 2.45) is 0 Å². The Labute approximate surface area is 174 Å². The maximum Gasteiger partial charge on any atom is 0.469 e. The number of phosphoric ester groups is 1. The number of aliphatic hydroxyl groups excluding tert-OH is 2. The molecule has 0 saturated carbocycles. The molecule has 4 rings (SSSR count). The quantitative estimate of drug-likeness (QED) is 0.312. The van der Waals surface area contributed by atoms with Crippen LogP contribution in [0.1, 0.15) is 16.6 Å². The topological polar surface area (TPSA) is 189 Å². The van der Waals surface area contributed by atoms with Crippen LogP contribution in [0.4, 0.5) is 5.82 Å². The maximum atomic E-state index is 12.4. The number of nitrogens with one attached hydrogen (secondary N) is 1. The molecule has 0 aliphatic carbocycles. The molecular weight excluding hydrogens is 433 g/mol. The second-order valence-corrected chi connectivity index (χ2v) is 7.94. The number of aromatic nitrogens is 4. The monoisotopic (exact) mass is 451 g/mol. The Kier molecular flexibility index (Phi) is 5.81. The molecule has 0 spiro atoms. The summed E-state index contributed by atoms with van der Waals surface area (Å²) in [6, 6.07) is 8.49. The third-order valence-electron chi connectivity index (χ3n) is 4.65. The van der Waals surface area contributed by atoms with Gasteiger partial charge in [0.15, 0.2) is 23.2 Å². The third kappa shape index (κ3) is 4.48. The van der Waals surface area contributed by atoms with Crippen molar-refractivity contribution in [1.82, 2.24) is 19.5 Å². The van der Waals surface area contributed by atoms with E-state index in [0.29, 0.717) is 5.56 Å². The highest BCUT2D eigenvalue weighted by molar-refractivity contribution is 7.46. The lowest BCUT2D eigenvalue weighted by molar-refractivity contribution is -0.0504. The number of amides is 1. The number of fused-ring (bicyclic) bond motifs is 1. The summed E-state index contributed by atoms with van der Waals surface area (Å²) in [5.74, 6) is -0.274. The van der Waals surface area contributed by atoms with Crippen molar-refractivity contribution in [3.8, 4) is 0 Å². The molecule has 3 heterocycles. The molecule has 2 unspecified atom stereocenters. The molecule has 164 valence electrons. The van der Waals surface area contributed by atoms with Gasteiger partial charge in [0, 0.05) is 5.56 Å². The zero-order valence-electron chi connectivity index (χ0n) is 15.7. The number of imidazole rings is 1. The van der Waals surface area contributed by atoms with Crippen LogP contribution >= 0.6 is 7.82 Å². The summed E-state index contributed by atoms with van der Waals surface area (Å²) >= 11 is 0. The van der Waals surface area contributed by atoms with Crippen LogP contribution in [0.25, 0.3) is 11.2 Å². The van der Waals surface area contributed by atoms with Gasteiger partial charge in [0.1, 0.15) is 24.6 Å². The maximum absolute atomic E-state index is 12.4. The standard InChI is InChI=1S/C17H18N5O8P/c23-12-10(6-29-31(26,27)28)30-17(13(12)24)22-8-20-11-14(18-7-19-15(11)22)21-16(25)9-4-2-1-3-5-9/h1-5,7-8,10,12-13,17,23-24H,6H2,(H2,26,27,28)(H,18,19,21,25)/t10-,12?,13?,17-/m1/s1. The van der Waals surface area contributed by atoms with Crippen molar-refractivity contribution >= 4 is 30.7 Å². The summed E-state index contributed by atoms with van der Waals surface area (Å²) in [5.41, 5.74) is 0.831. The number of aliphatic hydroxyl groups is 2. The third-order valence-corrected chi connectivity index (χ3v) is 5.13. The van der Waals surface area contributed by atoms with Gasteiger partial charge in [0.05, 0.1) is 12.9 Å². The van der Waals surface area contributed by atoms with E-state index < -0.39 is 44.9 Å². The van der Waals surface area contributed by atoms with E-state index in [1.165, 1.54) is 17.2 Å². The fourth-order valence-corrected chi connectivity index (χ4v) is 3.51. The number of carbonyl (C=O) groups excluding carboxylic acids is 1. The summed E-state index contributed by atoms with van der Waals surface area (Å²) in [4.78, 5) is 42.4. The van der Waals surface area contributed by atoms with Gasteiger partial charge < -0.3 is 30.1 Å². The SMILES string of the molecule is O=C(Nc1ncnc2c1ncn2[C@@H]1O[C@H](COP(=O)(O)O)C(O)C1O)c1ccccc1. The van der Waals surface area contributed by atoms with E-state index in [0.717, 1.165) is 0 Å². The largest absolute Gasteiger partial charge is 0.469 e. The number of phosphoric acid groups is 1. The number of anilines is 1. The molecule has 1 aliphatic rings. The molecular formula is C17H18N5O8P. The Morgan fingerprint density at radius 3 is 2.61 bits per heavy atom. The van der Waals surface area contributed by atoms with Gasteiger partial charge in [-0.3, -0.25) is 13.9 Å². The highest BCUT2D eigenvalue weighted by Gasteiger charge is 2.45. The van der Waals surface area contributed by atoms with Gasteiger partial charge in [0.2, 0.25) is 0 Å². The molecule has 0 radical (unpaired) electrons. The van der Waals surface area contributed by atoms with Crippen LogP contribution in [0.15, 0.2) is 43.0 Å². The molecule has 1 aromatic carbocycles. The van der Waals surface area contributed by atoms with E-state index in [1.54, 1.807) is 30.3 Å². The molecule has 1 fully saturated rings. The fraction of sp³-hybridized carbons (Fsp3) is 0.294. The molecule has 3 aromatic rings. The Morgan fingerprint density at radius 1 is 1.16 bits per heavy atom. The van der Waals surface area contributed by atoms with Crippen LogP contribution < -0.4 is 5.32 Å². The van der Waals surface area contributed by atoms with Gasteiger partial charge in [-0.1, -0.05) is 18.2 Å². The predicted molar refractivity (Wildman–Crippen MR) is 104 cm³/mol. The van der Waals surface area contributed by atoms with Crippen LogP contribution in [0.5, 0.6) is 0 Å². The summed E-state index contributed by atoms with van der Waals surface area (Å²) in [5, 5.41) is 23.2. The van der Waals surface area contributed by atoms with Gasteiger partial charge >= 0.3 is 7.82 Å². The number of nitrogens with zero attached hydrogens (tertiary/aromatic N) is 4. The first-order chi connectivity index (χ1) is 14.7. The smallest absolute Gasteiger partial charge is 0.387 e. The fourth-order valence-electron chi connectivity index (χ4n) is 3.17. The molecule has 1 aliphatic heterocycles. The highest BCUT2D eigenvalue weighted by Crippen LogP contribution is 2.38. The number of benzene rings is 1. The number of hydrogen-bond donors (Lipinski definition) is 5. The number of hydrogen-bond acceptors (Lipinski definition) is 9. The van der Waals surface area contributed by atoms with Crippen molar-refractivity contribution in [2.45, 2.75) is 24.5 Å². The van der Waals surface area contributed by atoms with Crippen LogP contribution in [0, 0.1) is 0 Å². The van der Waals surface area contributed by atoms with Gasteiger partial charge in [-0.2, -0.15) is 0 Å². The van der Waals surface area contributed by atoms with E-state index in [1.807, 2.05) is 0 Å². The van der Waals surface area contributed by atoms with Crippen molar-refractivity contribution in [3.05, 3.63) is 48.5 Å². The Balaban J connectivity index is 1.58. The lowest BCUT2D eigenvalue weighted by Crippen LogP contribution is -2.33. The average molecular weight is 451 g/mol. The first kappa shape index (κ1) is 21.5. The molecule has 5 N–H and O–H groups in total.